The fraction of sp³-hybridized carbons (Fsp3) is 0.316. The molecule has 1 amide bonds. The van der Waals surface area contributed by atoms with Gasteiger partial charge in [-0.05, 0) is 24.6 Å². The van der Waals surface area contributed by atoms with Gasteiger partial charge in [0.15, 0.2) is 11.6 Å². The van der Waals surface area contributed by atoms with E-state index in [2.05, 4.69) is 20.6 Å². The van der Waals surface area contributed by atoms with E-state index in [0.29, 0.717) is 36.5 Å². The van der Waals surface area contributed by atoms with Crippen LogP contribution in [-0.4, -0.2) is 41.2 Å². The highest BCUT2D eigenvalue weighted by molar-refractivity contribution is 7.22. The molecule has 7 nitrogen and oxygen atoms in total. The highest BCUT2D eigenvalue weighted by atomic mass is 32.1. The lowest BCUT2D eigenvalue weighted by molar-refractivity contribution is 0.0751. The van der Waals surface area contributed by atoms with Crippen LogP contribution in [0, 0.1) is 5.82 Å². The van der Waals surface area contributed by atoms with Gasteiger partial charge in [0, 0.05) is 37.0 Å². The third kappa shape index (κ3) is 2.83. The smallest absolute Gasteiger partial charge is 0.254 e. The molecule has 1 saturated heterocycles. The van der Waals surface area contributed by atoms with E-state index in [1.807, 2.05) is 18.2 Å². The Kier molecular flexibility index (Phi) is 4.22. The number of nitrogens with two attached hydrogens (primary N) is 1. The maximum atomic E-state index is 15.1. The Labute approximate surface area is 164 Å². The fourth-order valence-corrected chi connectivity index (χ4v) is 4.67. The first-order chi connectivity index (χ1) is 13.6. The largest absolute Gasteiger partial charge is 0.380 e. The van der Waals surface area contributed by atoms with Gasteiger partial charge < -0.3 is 21.1 Å². The summed E-state index contributed by atoms with van der Waals surface area (Å²) in [5.41, 5.74) is 8.03. The molecule has 28 heavy (non-hydrogen) atoms. The van der Waals surface area contributed by atoms with Gasteiger partial charge >= 0.3 is 0 Å². The monoisotopic (exact) mass is 399 g/mol. The second-order valence-electron chi connectivity index (χ2n) is 6.93. The minimum atomic E-state index is -0.505. The van der Waals surface area contributed by atoms with Crippen molar-refractivity contribution in [1.82, 2.24) is 15.3 Å². The molecule has 2 aliphatic rings. The van der Waals surface area contributed by atoms with E-state index in [-0.39, 0.29) is 30.4 Å². The van der Waals surface area contributed by atoms with Crippen LogP contribution in [0.3, 0.4) is 0 Å². The predicted molar refractivity (Wildman–Crippen MR) is 105 cm³/mol. The van der Waals surface area contributed by atoms with Crippen molar-refractivity contribution >= 4 is 33.3 Å². The van der Waals surface area contributed by atoms with Crippen LogP contribution in [0.1, 0.15) is 22.3 Å². The van der Waals surface area contributed by atoms with E-state index in [1.165, 1.54) is 11.3 Å². The number of anilines is 1. The van der Waals surface area contributed by atoms with Gasteiger partial charge in [-0.25, -0.2) is 9.37 Å². The molecule has 0 radical (unpaired) electrons. The number of carbonyl (C=O) groups excluding carboxylic acids is 1. The van der Waals surface area contributed by atoms with Gasteiger partial charge in [-0.2, -0.15) is 0 Å². The van der Waals surface area contributed by atoms with Crippen molar-refractivity contribution in [1.29, 1.82) is 0 Å². The second kappa shape index (κ2) is 6.77. The van der Waals surface area contributed by atoms with Gasteiger partial charge in [0.05, 0.1) is 33.0 Å². The number of nitrogens with one attached hydrogen (secondary N) is 2. The highest BCUT2D eigenvalue weighted by Gasteiger charge is 2.32. The molecule has 144 valence electrons. The number of nitrogens with zero attached hydrogens (tertiary/aromatic N) is 2. The zero-order valence-corrected chi connectivity index (χ0v) is 15.7. The summed E-state index contributed by atoms with van der Waals surface area (Å²) in [4.78, 5) is 22.0. The lowest BCUT2D eigenvalue weighted by Crippen LogP contribution is -2.48. The molecular formula is C19H18FN5O2S. The molecule has 0 aromatic carbocycles. The minimum absolute atomic E-state index is 0.123. The number of fused-ring (bicyclic) bond motifs is 2. The highest BCUT2D eigenvalue weighted by Crippen LogP contribution is 2.38. The molecule has 2 aliphatic heterocycles. The van der Waals surface area contributed by atoms with E-state index < -0.39 is 5.82 Å². The number of thiophene rings is 1. The first kappa shape index (κ1) is 17.5. The Morgan fingerprint density at radius 1 is 1.43 bits per heavy atom. The summed E-state index contributed by atoms with van der Waals surface area (Å²) in [6, 6.07) is 5.31. The van der Waals surface area contributed by atoms with E-state index in [1.54, 1.807) is 6.20 Å². The topological polar surface area (TPSA) is 102 Å². The molecule has 1 fully saturated rings. The van der Waals surface area contributed by atoms with Crippen molar-refractivity contribution in [3.63, 3.8) is 0 Å². The van der Waals surface area contributed by atoms with Crippen molar-refractivity contribution in [3.8, 4) is 10.6 Å². The molecule has 0 saturated carbocycles. The van der Waals surface area contributed by atoms with Crippen LogP contribution >= 0.6 is 11.3 Å². The zero-order chi connectivity index (χ0) is 19.3. The molecule has 4 N–H and O–H groups in total. The molecule has 2 unspecified atom stereocenters. The molecule has 3 aromatic heterocycles. The number of halogens is 1. The summed E-state index contributed by atoms with van der Waals surface area (Å²) in [7, 11) is 0. The summed E-state index contributed by atoms with van der Waals surface area (Å²) in [5, 5.41) is 5.85. The number of pyridine rings is 2. The van der Waals surface area contributed by atoms with Crippen LogP contribution in [0.4, 0.5) is 10.2 Å². The number of rotatable bonds is 3. The standard InChI is InChI=1S/C19H18FN5O2S/c20-16-9-7-23-19(26)15(9)17(14-6-12-13(28-14)2-1-4-22-12)25-18(16)24-11-3-5-27-8-10(11)21/h1-2,4,6,10-11H,3,5,7-8,21H2,(H,23,26)(H,24,25). The van der Waals surface area contributed by atoms with E-state index in [9.17, 15) is 4.79 Å². The molecule has 5 rings (SSSR count). The van der Waals surface area contributed by atoms with Crippen LogP contribution in [0.2, 0.25) is 0 Å². The molecule has 0 aliphatic carbocycles. The van der Waals surface area contributed by atoms with Crippen molar-refractivity contribution in [3.05, 3.63) is 41.3 Å². The lowest BCUT2D eigenvalue weighted by atomic mass is 10.0. The Morgan fingerprint density at radius 2 is 2.32 bits per heavy atom. The van der Waals surface area contributed by atoms with Gasteiger partial charge in [-0.3, -0.25) is 9.78 Å². The molecule has 9 heteroatoms. The van der Waals surface area contributed by atoms with Crippen LogP contribution in [0.5, 0.6) is 0 Å². The average molecular weight is 399 g/mol. The van der Waals surface area contributed by atoms with Crippen molar-refractivity contribution in [2.45, 2.75) is 25.0 Å². The zero-order valence-electron chi connectivity index (χ0n) is 14.9. The predicted octanol–water partition coefficient (Wildman–Crippen LogP) is 2.27. The molecule has 0 spiro atoms. The molecular weight excluding hydrogens is 381 g/mol. The number of ether oxygens (including phenoxy) is 1. The SMILES string of the molecule is NC1COCCC1Nc1nc(-c2cc3ncccc3s2)c2c(c1F)CNC2=O. The van der Waals surface area contributed by atoms with Gasteiger partial charge in [-0.1, -0.05) is 0 Å². The summed E-state index contributed by atoms with van der Waals surface area (Å²) >= 11 is 1.48. The molecule has 2 atom stereocenters. The van der Waals surface area contributed by atoms with Gasteiger partial charge in [-0.15, -0.1) is 11.3 Å². The van der Waals surface area contributed by atoms with Crippen LogP contribution in [0.15, 0.2) is 24.4 Å². The normalized spacial score (nSPS) is 21.6. The minimum Gasteiger partial charge on any atom is -0.380 e. The number of hydrogen-bond acceptors (Lipinski definition) is 7. The molecule has 3 aromatic rings. The van der Waals surface area contributed by atoms with E-state index in [0.717, 1.165) is 15.1 Å². The number of amides is 1. The number of aromatic nitrogens is 2. The van der Waals surface area contributed by atoms with E-state index in [4.69, 9.17) is 10.5 Å². The lowest BCUT2D eigenvalue weighted by Gasteiger charge is -2.30. The Hall–Kier alpha value is -2.62. The number of hydrogen-bond donors (Lipinski definition) is 3. The maximum Gasteiger partial charge on any atom is 0.254 e. The maximum absolute atomic E-state index is 15.1. The van der Waals surface area contributed by atoms with Crippen molar-refractivity contribution < 1.29 is 13.9 Å². The Bertz CT molecular complexity index is 1050. The first-order valence-electron chi connectivity index (χ1n) is 9.07. The summed E-state index contributed by atoms with van der Waals surface area (Å²) in [5.74, 6) is -0.691. The third-order valence-corrected chi connectivity index (χ3v) is 6.23. The average Bonchev–Trinajstić information content (AvgIpc) is 3.30. The van der Waals surface area contributed by atoms with Crippen molar-refractivity contribution in [2.24, 2.45) is 5.73 Å². The van der Waals surface area contributed by atoms with E-state index >= 15 is 4.39 Å². The third-order valence-electron chi connectivity index (χ3n) is 5.13. The van der Waals surface area contributed by atoms with Gasteiger partial charge in [0.25, 0.3) is 5.91 Å². The quantitative estimate of drug-likeness (QED) is 0.624. The van der Waals surface area contributed by atoms with Crippen LogP contribution in [0.25, 0.3) is 20.8 Å². The van der Waals surface area contributed by atoms with Gasteiger partial charge in [0.1, 0.15) is 0 Å². The first-order valence-corrected chi connectivity index (χ1v) is 9.89. The van der Waals surface area contributed by atoms with Crippen LogP contribution in [-0.2, 0) is 11.3 Å². The second-order valence-corrected chi connectivity index (χ2v) is 8.02. The summed E-state index contributed by atoms with van der Waals surface area (Å²) < 4.78 is 21.5. The fourth-order valence-electron chi connectivity index (χ4n) is 3.65. The van der Waals surface area contributed by atoms with Gasteiger partial charge in [0.2, 0.25) is 0 Å². The number of carbonyl (C=O) groups is 1. The summed E-state index contributed by atoms with van der Waals surface area (Å²) in [6.45, 7) is 1.12. The summed E-state index contributed by atoms with van der Waals surface area (Å²) in [6.07, 6.45) is 2.38. The molecule has 0 bridgehead atoms. The Morgan fingerprint density at radius 3 is 3.14 bits per heavy atom. The van der Waals surface area contributed by atoms with Crippen molar-refractivity contribution in [2.75, 3.05) is 18.5 Å². The van der Waals surface area contributed by atoms with Crippen LogP contribution < -0.4 is 16.4 Å². The Balaban J connectivity index is 1.63. The molecule has 5 heterocycles.